The lowest BCUT2D eigenvalue weighted by molar-refractivity contribution is -0.904. The SMILES string of the molecule is C[N+](C)(CCOCCc1ccccc1)Cc1cnc(C(O)(c2ccccc2)C2CCCCCCC2)o1. The smallest absolute Gasteiger partial charge is 0.231 e. The fourth-order valence-electron chi connectivity index (χ4n) is 5.41. The summed E-state index contributed by atoms with van der Waals surface area (Å²) < 4.78 is 13.0. The van der Waals surface area contributed by atoms with Crippen LogP contribution in [0.4, 0.5) is 0 Å². The first-order valence-electron chi connectivity index (χ1n) is 13.6. The Kier molecular flexibility index (Phi) is 9.35. The number of aromatic nitrogens is 1. The number of ether oxygens (including phenoxy) is 1. The maximum absolute atomic E-state index is 12.2. The monoisotopic (exact) mass is 491 g/mol. The maximum atomic E-state index is 12.2. The molecule has 1 N–H and O–H groups in total. The van der Waals surface area contributed by atoms with Gasteiger partial charge in [-0.3, -0.25) is 0 Å². The van der Waals surface area contributed by atoms with Gasteiger partial charge in [0.15, 0.2) is 11.4 Å². The van der Waals surface area contributed by atoms with Crippen LogP contribution >= 0.6 is 0 Å². The Labute approximate surface area is 216 Å². The topological polar surface area (TPSA) is 55.5 Å². The normalized spacial score (nSPS) is 17.3. The standard InChI is InChI=1S/C31H43N2O3/c1-33(2,21-23-35-22-20-26-14-8-6-9-15-26)25-29-24-32-30(36-29)31(34,28-18-12-7-13-19-28)27-16-10-4-3-5-11-17-27/h6-9,12-15,18-19,24,27,34H,3-5,10-11,16-17,20-23,25H2,1-2H3/q+1. The van der Waals surface area contributed by atoms with Crippen LogP contribution in [0.15, 0.2) is 71.3 Å². The van der Waals surface area contributed by atoms with Gasteiger partial charge >= 0.3 is 0 Å². The molecule has 5 heteroatoms. The Morgan fingerprint density at radius 3 is 2.25 bits per heavy atom. The highest BCUT2D eigenvalue weighted by atomic mass is 16.5. The zero-order valence-electron chi connectivity index (χ0n) is 22.1. The Morgan fingerprint density at radius 2 is 1.56 bits per heavy atom. The number of nitrogens with zero attached hydrogens (tertiary/aromatic N) is 2. The lowest BCUT2D eigenvalue weighted by Crippen LogP contribution is -2.41. The van der Waals surface area contributed by atoms with Gasteiger partial charge in [0.1, 0.15) is 13.1 Å². The summed E-state index contributed by atoms with van der Waals surface area (Å²) in [6, 6.07) is 20.4. The number of quaternary nitrogens is 1. The minimum absolute atomic E-state index is 0.104. The minimum atomic E-state index is -1.20. The summed E-state index contributed by atoms with van der Waals surface area (Å²) in [5.74, 6) is 1.35. The van der Waals surface area contributed by atoms with E-state index in [-0.39, 0.29) is 5.92 Å². The predicted molar refractivity (Wildman–Crippen MR) is 143 cm³/mol. The molecular formula is C31H43N2O3+. The Balaban J connectivity index is 1.40. The zero-order chi connectivity index (χ0) is 25.3. The van der Waals surface area contributed by atoms with Crippen molar-refractivity contribution in [2.24, 2.45) is 5.92 Å². The van der Waals surface area contributed by atoms with Gasteiger partial charge in [0.05, 0.1) is 33.5 Å². The number of benzene rings is 2. The first-order chi connectivity index (χ1) is 17.5. The molecule has 5 nitrogen and oxygen atoms in total. The van der Waals surface area contributed by atoms with Crippen LogP contribution in [0.3, 0.4) is 0 Å². The number of hydrogen-bond donors (Lipinski definition) is 1. The second-order valence-corrected chi connectivity index (χ2v) is 11.0. The van der Waals surface area contributed by atoms with Gasteiger partial charge < -0.3 is 18.7 Å². The van der Waals surface area contributed by atoms with Crippen LogP contribution in [-0.4, -0.2) is 48.4 Å². The van der Waals surface area contributed by atoms with Gasteiger partial charge in [-0.05, 0) is 30.4 Å². The molecule has 0 bridgehead atoms. The number of rotatable bonds is 11. The van der Waals surface area contributed by atoms with E-state index in [4.69, 9.17) is 9.15 Å². The van der Waals surface area contributed by atoms with Crippen LogP contribution in [0.5, 0.6) is 0 Å². The average Bonchev–Trinajstić information content (AvgIpc) is 3.32. The lowest BCUT2D eigenvalue weighted by Gasteiger charge is -2.35. The van der Waals surface area contributed by atoms with E-state index < -0.39 is 5.60 Å². The summed E-state index contributed by atoms with van der Waals surface area (Å²) in [6.07, 6.45) is 10.8. The molecule has 0 radical (unpaired) electrons. The third-order valence-electron chi connectivity index (χ3n) is 7.59. The van der Waals surface area contributed by atoms with Crippen molar-refractivity contribution < 1.29 is 18.7 Å². The van der Waals surface area contributed by atoms with Crippen molar-refractivity contribution in [1.29, 1.82) is 0 Å². The summed E-state index contributed by atoms with van der Waals surface area (Å²) in [5.41, 5.74) is 0.981. The van der Waals surface area contributed by atoms with E-state index in [1.54, 1.807) is 0 Å². The van der Waals surface area contributed by atoms with Crippen molar-refractivity contribution in [3.05, 3.63) is 89.6 Å². The van der Waals surface area contributed by atoms with E-state index >= 15 is 0 Å². The van der Waals surface area contributed by atoms with Crippen LogP contribution in [0.25, 0.3) is 0 Å². The van der Waals surface area contributed by atoms with Crippen LogP contribution in [0, 0.1) is 5.92 Å². The van der Waals surface area contributed by atoms with Crippen molar-refractivity contribution in [3.8, 4) is 0 Å². The molecule has 1 fully saturated rings. The predicted octanol–water partition coefficient (Wildman–Crippen LogP) is 6.11. The molecule has 0 aliphatic heterocycles. The number of likely N-dealkylation sites (N-methyl/N-ethyl adjacent to an activating group) is 1. The molecule has 0 spiro atoms. The van der Waals surface area contributed by atoms with Gasteiger partial charge in [0.2, 0.25) is 5.89 Å². The fraction of sp³-hybridized carbons (Fsp3) is 0.516. The van der Waals surface area contributed by atoms with E-state index in [2.05, 4.69) is 43.3 Å². The Bertz CT molecular complexity index is 1030. The second-order valence-electron chi connectivity index (χ2n) is 11.0. The molecule has 1 atom stereocenters. The Hall–Kier alpha value is -2.47. The summed E-state index contributed by atoms with van der Waals surface area (Å²) in [6.45, 7) is 2.99. The molecule has 1 aliphatic rings. The van der Waals surface area contributed by atoms with E-state index in [0.29, 0.717) is 19.0 Å². The quantitative estimate of drug-likeness (QED) is 0.260. The van der Waals surface area contributed by atoms with Gasteiger partial charge in [-0.2, -0.15) is 0 Å². The molecule has 1 aliphatic carbocycles. The summed E-state index contributed by atoms with van der Waals surface area (Å²) in [5, 5.41) is 12.2. The Morgan fingerprint density at radius 1 is 0.917 bits per heavy atom. The fourth-order valence-corrected chi connectivity index (χ4v) is 5.41. The van der Waals surface area contributed by atoms with Gasteiger partial charge in [-0.1, -0.05) is 92.8 Å². The van der Waals surface area contributed by atoms with Crippen molar-refractivity contribution in [1.82, 2.24) is 4.98 Å². The van der Waals surface area contributed by atoms with Gasteiger partial charge in [-0.25, -0.2) is 4.98 Å². The minimum Gasteiger partial charge on any atom is -0.436 e. The van der Waals surface area contributed by atoms with Crippen molar-refractivity contribution >= 4 is 0 Å². The number of hydrogen-bond acceptors (Lipinski definition) is 4. The van der Waals surface area contributed by atoms with E-state index in [1.165, 1.54) is 24.8 Å². The first kappa shape index (κ1) is 26.6. The lowest BCUT2D eigenvalue weighted by atomic mass is 9.74. The zero-order valence-corrected chi connectivity index (χ0v) is 22.1. The first-order valence-corrected chi connectivity index (χ1v) is 13.6. The van der Waals surface area contributed by atoms with Gasteiger partial charge in [-0.15, -0.1) is 0 Å². The van der Waals surface area contributed by atoms with Crippen LogP contribution in [-0.2, 0) is 23.3 Å². The molecule has 1 unspecified atom stereocenters. The third-order valence-corrected chi connectivity index (χ3v) is 7.59. The molecule has 2 aromatic carbocycles. The highest BCUT2D eigenvalue weighted by Crippen LogP contribution is 2.42. The van der Waals surface area contributed by atoms with Crippen molar-refractivity contribution in [3.63, 3.8) is 0 Å². The molecule has 4 rings (SSSR count). The third kappa shape index (κ3) is 7.06. The average molecular weight is 492 g/mol. The molecule has 1 saturated carbocycles. The van der Waals surface area contributed by atoms with Crippen LogP contribution in [0.1, 0.15) is 67.7 Å². The molecule has 1 aromatic heterocycles. The molecule has 0 amide bonds. The maximum Gasteiger partial charge on any atom is 0.231 e. The van der Waals surface area contributed by atoms with Gasteiger partial charge in [0, 0.05) is 5.92 Å². The molecule has 194 valence electrons. The van der Waals surface area contributed by atoms with Gasteiger partial charge in [0.25, 0.3) is 0 Å². The summed E-state index contributed by atoms with van der Waals surface area (Å²) >= 11 is 0. The number of aliphatic hydroxyl groups is 1. The second kappa shape index (κ2) is 12.7. The van der Waals surface area contributed by atoms with E-state index in [1.807, 2.05) is 42.6 Å². The van der Waals surface area contributed by atoms with Crippen LogP contribution < -0.4 is 0 Å². The van der Waals surface area contributed by atoms with E-state index in [9.17, 15) is 5.11 Å². The molecule has 1 heterocycles. The molecule has 3 aromatic rings. The molecule has 0 saturated heterocycles. The highest BCUT2D eigenvalue weighted by molar-refractivity contribution is 5.30. The summed E-state index contributed by atoms with van der Waals surface area (Å²) in [4.78, 5) is 4.66. The van der Waals surface area contributed by atoms with Crippen molar-refractivity contribution in [2.75, 3.05) is 33.9 Å². The largest absolute Gasteiger partial charge is 0.436 e. The summed E-state index contributed by atoms with van der Waals surface area (Å²) in [7, 11) is 4.36. The molecular weight excluding hydrogens is 448 g/mol. The van der Waals surface area contributed by atoms with E-state index in [0.717, 1.165) is 61.1 Å². The number of oxazole rings is 1. The highest BCUT2D eigenvalue weighted by Gasteiger charge is 2.44. The van der Waals surface area contributed by atoms with Crippen LogP contribution in [0.2, 0.25) is 0 Å². The van der Waals surface area contributed by atoms with Crippen molar-refractivity contribution in [2.45, 2.75) is 63.5 Å². The molecule has 36 heavy (non-hydrogen) atoms.